The summed E-state index contributed by atoms with van der Waals surface area (Å²) >= 11 is 0. The van der Waals surface area contributed by atoms with Gasteiger partial charge in [0.05, 0.1) is 6.54 Å². The predicted octanol–water partition coefficient (Wildman–Crippen LogP) is -1.52. The number of nitrogens with zero attached hydrogens (tertiary/aromatic N) is 2. The largest absolute Gasteiger partial charge is 0.369 e. The second kappa shape index (κ2) is 5.52. The summed E-state index contributed by atoms with van der Waals surface area (Å²) in [6.45, 7) is 2.20. The molecule has 0 saturated carbocycles. The van der Waals surface area contributed by atoms with Crippen LogP contribution in [0.3, 0.4) is 0 Å². The van der Waals surface area contributed by atoms with Gasteiger partial charge < -0.3 is 11.1 Å². The Hall–Kier alpha value is -0.700. The summed E-state index contributed by atoms with van der Waals surface area (Å²) in [6.07, 6.45) is 2.49. The van der Waals surface area contributed by atoms with Gasteiger partial charge in [-0.3, -0.25) is 4.79 Å². The minimum atomic E-state index is -3.55. The van der Waals surface area contributed by atoms with Crippen molar-refractivity contribution < 1.29 is 13.2 Å². The van der Waals surface area contributed by atoms with Gasteiger partial charge in [-0.2, -0.15) is 17.0 Å². The minimum absolute atomic E-state index is 0.164. The van der Waals surface area contributed by atoms with Crippen molar-refractivity contribution in [1.82, 2.24) is 13.9 Å². The Balaban J connectivity index is 2.18. The molecule has 0 aliphatic carbocycles. The molecule has 2 fully saturated rings. The lowest BCUT2D eigenvalue weighted by atomic mass is 10.2. The number of rotatable bonds is 5. The molecule has 104 valence electrons. The Bertz CT molecular complexity index is 399. The standard InChI is InChI=1S/C10H20N4O3S/c11-10(15)8-14(9-3-4-12-7-9)18(16,17)13-5-1-2-6-13/h9,12H,1-8H2,(H2,11,15). The molecule has 0 aromatic rings. The lowest BCUT2D eigenvalue weighted by Crippen LogP contribution is -2.51. The number of nitrogens with one attached hydrogen (secondary N) is 1. The molecule has 2 saturated heterocycles. The maximum Gasteiger partial charge on any atom is 0.282 e. The van der Waals surface area contributed by atoms with E-state index in [0.29, 0.717) is 19.6 Å². The van der Waals surface area contributed by atoms with Gasteiger partial charge in [-0.25, -0.2) is 0 Å². The van der Waals surface area contributed by atoms with Crippen LogP contribution in [0.4, 0.5) is 0 Å². The van der Waals surface area contributed by atoms with Crippen LogP contribution in [0.1, 0.15) is 19.3 Å². The summed E-state index contributed by atoms with van der Waals surface area (Å²) in [7, 11) is -3.55. The molecule has 18 heavy (non-hydrogen) atoms. The van der Waals surface area contributed by atoms with Gasteiger partial charge in [-0.1, -0.05) is 0 Å². The summed E-state index contributed by atoms with van der Waals surface area (Å²) < 4.78 is 27.7. The summed E-state index contributed by atoms with van der Waals surface area (Å²) in [5.41, 5.74) is 5.17. The first-order valence-electron chi connectivity index (χ1n) is 6.28. The van der Waals surface area contributed by atoms with Crippen LogP contribution in [0, 0.1) is 0 Å². The fraction of sp³-hybridized carbons (Fsp3) is 0.900. The summed E-state index contributed by atoms with van der Waals surface area (Å²) in [4.78, 5) is 11.1. The zero-order chi connectivity index (χ0) is 13.2. The average molecular weight is 276 g/mol. The second-order valence-electron chi connectivity index (χ2n) is 4.77. The lowest BCUT2D eigenvalue weighted by Gasteiger charge is -2.30. The first kappa shape index (κ1) is 13.7. The molecule has 1 unspecified atom stereocenters. The topological polar surface area (TPSA) is 95.7 Å². The van der Waals surface area contributed by atoms with E-state index in [9.17, 15) is 13.2 Å². The van der Waals surface area contributed by atoms with Crippen LogP contribution < -0.4 is 11.1 Å². The number of carbonyl (C=O) groups excluding carboxylic acids is 1. The van der Waals surface area contributed by atoms with Crippen molar-refractivity contribution in [3.8, 4) is 0 Å². The van der Waals surface area contributed by atoms with E-state index in [1.165, 1.54) is 8.61 Å². The van der Waals surface area contributed by atoms with E-state index in [1.807, 2.05) is 0 Å². The van der Waals surface area contributed by atoms with E-state index >= 15 is 0 Å². The van der Waals surface area contributed by atoms with Crippen molar-refractivity contribution in [2.75, 3.05) is 32.7 Å². The highest BCUT2D eigenvalue weighted by atomic mass is 32.2. The highest BCUT2D eigenvalue weighted by Crippen LogP contribution is 2.20. The van der Waals surface area contributed by atoms with Gasteiger partial charge in [0, 0.05) is 25.7 Å². The van der Waals surface area contributed by atoms with Crippen LogP contribution in [0.25, 0.3) is 0 Å². The minimum Gasteiger partial charge on any atom is -0.369 e. The molecular weight excluding hydrogens is 256 g/mol. The van der Waals surface area contributed by atoms with Gasteiger partial charge in [0.1, 0.15) is 0 Å². The third-order valence-electron chi connectivity index (χ3n) is 3.44. The molecule has 0 aromatic heterocycles. The Morgan fingerprint density at radius 2 is 2.06 bits per heavy atom. The molecule has 1 amide bonds. The molecule has 2 aliphatic heterocycles. The number of hydrogen-bond acceptors (Lipinski definition) is 4. The van der Waals surface area contributed by atoms with Crippen LogP contribution in [-0.4, -0.2) is 61.7 Å². The van der Waals surface area contributed by atoms with Crippen molar-refractivity contribution in [2.45, 2.75) is 25.3 Å². The molecule has 3 N–H and O–H groups in total. The number of carbonyl (C=O) groups is 1. The number of amides is 1. The van der Waals surface area contributed by atoms with Crippen LogP contribution in [0.2, 0.25) is 0 Å². The van der Waals surface area contributed by atoms with Crippen LogP contribution in [-0.2, 0) is 15.0 Å². The third kappa shape index (κ3) is 2.82. The normalized spacial score (nSPS) is 25.9. The van der Waals surface area contributed by atoms with E-state index in [4.69, 9.17) is 5.73 Å². The van der Waals surface area contributed by atoms with Crippen LogP contribution in [0.15, 0.2) is 0 Å². The number of primary amides is 1. The van der Waals surface area contributed by atoms with Crippen molar-refractivity contribution in [1.29, 1.82) is 0 Å². The average Bonchev–Trinajstić information content (AvgIpc) is 2.98. The van der Waals surface area contributed by atoms with Gasteiger partial charge >= 0.3 is 0 Å². The fourth-order valence-corrected chi connectivity index (χ4v) is 4.37. The van der Waals surface area contributed by atoms with Gasteiger partial charge in [0.2, 0.25) is 5.91 Å². The Labute approximate surface area is 107 Å². The molecule has 2 aliphatic rings. The molecule has 2 heterocycles. The third-order valence-corrected chi connectivity index (χ3v) is 5.48. The van der Waals surface area contributed by atoms with Crippen molar-refractivity contribution in [2.24, 2.45) is 5.73 Å². The van der Waals surface area contributed by atoms with Gasteiger partial charge in [-0.05, 0) is 25.8 Å². The first-order chi connectivity index (χ1) is 8.51. The molecule has 0 radical (unpaired) electrons. The summed E-state index contributed by atoms with van der Waals surface area (Å²) in [5, 5.41) is 3.11. The molecule has 0 aromatic carbocycles. The monoisotopic (exact) mass is 276 g/mol. The summed E-state index contributed by atoms with van der Waals surface area (Å²) in [6, 6.07) is -0.164. The van der Waals surface area contributed by atoms with Crippen molar-refractivity contribution in [3.63, 3.8) is 0 Å². The predicted molar refractivity (Wildman–Crippen MR) is 66.9 cm³/mol. The molecule has 7 nitrogen and oxygen atoms in total. The molecule has 1 atom stereocenters. The fourth-order valence-electron chi connectivity index (χ4n) is 2.51. The van der Waals surface area contributed by atoms with Gasteiger partial charge in [0.25, 0.3) is 10.2 Å². The van der Waals surface area contributed by atoms with E-state index in [-0.39, 0.29) is 12.6 Å². The number of nitrogens with two attached hydrogens (primary N) is 1. The number of hydrogen-bond donors (Lipinski definition) is 2. The van der Waals surface area contributed by atoms with Crippen LogP contribution in [0.5, 0.6) is 0 Å². The Morgan fingerprint density at radius 1 is 1.39 bits per heavy atom. The van der Waals surface area contributed by atoms with E-state index < -0.39 is 16.1 Å². The zero-order valence-electron chi connectivity index (χ0n) is 10.3. The molecule has 0 bridgehead atoms. The second-order valence-corrected chi connectivity index (χ2v) is 6.65. The van der Waals surface area contributed by atoms with E-state index in [0.717, 1.165) is 25.8 Å². The SMILES string of the molecule is NC(=O)CN(C1CCNC1)S(=O)(=O)N1CCCC1. The molecular formula is C10H20N4O3S. The van der Waals surface area contributed by atoms with Gasteiger partial charge in [-0.15, -0.1) is 0 Å². The highest BCUT2D eigenvalue weighted by molar-refractivity contribution is 7.86. The quantitative estimate of drug-likeness (QED) is 0.637. The highest BCUT2D eigenvalue weighted by Gasteiger charge is 2.38. The van der Waals surface area contributed by atoms with E-state index in [1.54, 1.807) is 0 Å². The molecule has 0 spiro atoms. The summed E-state index contributed by atoms with van der Waals surface area (Å²) in [5.74, 6) is -0.607. The maximum atomic E-state index is 12.5. The van der Waals surface area contributed by atoms with Crippen molar-refractivity contribution >= 4 is 16.1 Å². The maximum absolute atomic E-state index is 12.5. The van der Waals surface area contributed by atoms with Crippen LogP contribution >= 0.6 is 0 Å². The first-order valence-corrected chi connectivity index (χ1v) is 7.67. The zero-order valence-corrected chi connectivity index (χ0v) is 11.2. The lowest BCUT2D eigenvalue weighted by molar-refractivity contribution is -0.118. The Kier molecular flexibility index (Phi) is 4.21. The Morgan fingerprint density at radius 3 is 2.56 bits per heavy atom. The van der Waals surface area contributed by atoms with Crippen molar-refractivity contribution in [3.05, 3.63) is 0 Å². The molecule has 2 rings (SSSR count). The van der Waals surface area contributed by atoms with Gasteiger partial charge in [0.15, 0.2) is 0 Å². The molecule has 8 heteroatoms. The van der Waals surface area contributed by atoms with E-state index in [2.05, 4.69) is 5.32 Å². The smallest absolute Gasteiger partial charge is 0.282 e.